The van der Waals surface area contributed by atoms with Crippen LogP contribution in [0, 0.1) is 0 Å². The zero-order valence-electron chi connectivity index (χ0n) is 11.9. The van der Waals surface area contributed by atoms with E-state index in [9.17, 15) is 13.2 Å². The summed E-state index contributed by atoms with van der Waals surface area (Å²) in [7, 11) is -3.80. The first-order valence-electron chi connectivity index (χ1n) is 6.46. The Hall–Kier alpha value is -1.92. The van der Waals surface area contributed by atoms with E-state index in [4.69, 9.17) is 5.11 Å². The minimum Gasteiger partial charge on any atom is -0.478 e. The molecule has 1 N–H and O–H groups in total. The van der Waals surface area contributed by atoms with Crippen LogP contribution in [0.15, 0.2) is 48.4 Å². The van der Waals surface area contributed by atoms with Crippen LogP contribution in [-0.4, -0.2) is 36.9 Å². The molecule has 0 atom stereocenters. The second-order valence-corrected chi connectivity index (χ2v) is 6.29. The number of carboxylic acids is 1. The van der Waals surface area contributed by atoms with Crippen molar-refractivity contribution < 1.29 is 18.3 Å². The molecule has 0 amide bonds. The number of nitrogens with zero attached hydrogens (tertiary/aromatic N) is 1. The molecule has 0 saturated heterocycles. The standard InChI is InChI=1S/C15H19NO4S/c1-4-9-16(10-5-2)21(19,20)14-11-13(15(17)18)8-7-12(14)6-3/h4-5,7-8,11H,1-2,6,9-10H2,3H3,(H,17,18). The fourth-order valence-electron chi connectivity index (χ4n) is 1.92. The quantitative estimate of drug-likeness (QED) is 0.748. The summed E-state index contributed by atoms with van der Waals surface area (Å²) in [4.78, 5) is 11.1. The number of benzene rings is 1. The molecule has 0 bridgehead atoms. The van der Waals surface area contributed by atoms with Gasteiger partial charge in [0.25, 0.3) is 0 Å². The van der Waals surface area contributed by atoms with Crippen molar-refractivity contribution in [1.29, 1.82) is 0 Å². The highest BCUT2D eigenvalue weighted by atomic mass is 32.2. The number of aromatic carboxylic acids is 1. The highest BCUT2D eigenvalue weighted by Crippen LogP contribution is 2.22. The summed E-state index contributed by atoms with van der Waals surface area (Å²) in [6, 6.07) is 4.15. The van der Waals surface area contributed by atoms with Gasteiger partial charge in [0.2, 0.25) is 10.0 Å². The van der Waals surface area contributed by atoms with E-state index in [-0.39, 0.29) is 23.5 Å². The maximum absolute atomic E-state index is 12.7. The van der Waals surface area contributed by atoms with E-state index in [1.165, 1.54) is 34.7 Å². The molecule has 0 aliphatic carbocycles. The van der Waals surface area contributed by atoms with Crippen molar-refractivity contribution in [3.8, 4) is 0 Å². The maximum atomic E-state index is 12.7. The SMILES string of the molecule is C=CCN(CC=C)S(=O)(=O)c1cc(C(=O)O)ccc1CC. The lowest BCUT2D eigenvalue weighted by Crippen LogP contribution is -2.32. The average molecular weight is 309 g/mol. The van der Waals surface area contributed by atoms with Gasteiger partial charge in [-0.25, -0.2) is 13.2 Å². The second-order valence-electron chi connectivity index (χ2n) is 4.38. The number of carbonyl (C=O) groups is 1. The van der Waals surface area contributed by atoms with Gasteiger partial charge in [0.05, 0.1) is 10.5 Å². The molecule has 0 radical (unpaired) electrons. The predicted octanol–water partition coefficient (Wildman–Crippen LogP) is 2.31. The molecule has 6 heteroatoms. The van der Waals surface area contributed by atoms with Crippen LogP contribution in [0.25, 0.3) is 0 Å². The maximum Gasteiger partial charge on any atom is 0.335 e. The number of sulfonamides is 1. The van der Waals surface area contributed by atoms with Gasteiger partial charge in [0, 0.05) is 13.1 Å². The van der Waals surface area contributed by atoms with E-state index < -0.39 is 16.0 Å². The molecule has 0 saturated carbocycles. The molecule has 1 aromatic rings. The van der Waals surface area contributed by atoms with Crippen LogP contribution in [0.4, 0.5) is 0 Å². The topological polar surface area (TPSA) is 74.7 Å². The lowest BCUT2D eigenvalue weighted by molar-refractivity contribution is 0.0696. The number of carboxylic acid groups (broad SMARTS) is 1. The first-order chi connectivity index (χ1) is 9.88. The Morgan fingerprint density at radius 1 is 1.29 bits per heavy atom. The van der Waals surface area contributed by atoms with Crippen LogP contribution >= 0.6 is 0 Å². The van der Waals surface area contributed by atoms with Gasteiger partial charge in [0.1, 0.15) is 0 Å². The molecule has 0 heterocycles. The van der Waals surface area contributed by atoms with Crippen molar-refractivity contribution in [2.45, 2.75) is 18.2 Å². The van der Waals surface area contributed by atoms with E-state index >= 15 is 0 Å². The Labute approximate surface area is 125 Å². The Morgan fingerprint density at radius 2 is 1.86 bits per heavy atom. The van der Waals surface area contributed by atoms with E-state index in [0.29, 0.717) is 12.0 Å². The summed E-state index contributed by atoms with van der Waals surface area (Å²) in [5, 5.41) is 9.04. The summed E-state index contributed by atoms with van der Waals surface area (Å²) >= 11 is 0. The molecule has 0 spiro atoms. The van der Waals surface area contributed by atoms with E-state index in [2.05, 4.69) is 13.2 Å². The number of rotatable bonds is 8. The summed E-state index contributed by atoms with van der Waals surface area (Å²) < 4.78 is 26.6. The largest absolute Gasteiger partial charge is 0.478 e. The zero-order chi connectivity index (χ0) is 16.0. The predicted molar refractivity (Wildman–Crippen MR) is 81.9 cm³/mol. The third-order valence-electron chi connectivity index (χ3n) is 2.98. The van der Waals surface area contributed by atoms with Gasteiger partial charge in [-0.05, 0) is 24.1 Å². The molecule has 0 fully saturated rings. The molecule has 0 unspecified atom stereocenters. The third-order valence-corrected chi connectivity index (χ3v) is 4.89. The molecule has 0 aliphatic rings. The van der Waals surface area contributed by atoms with E-state index in [1.807, 2.05) is 6.92 Å². The van der Waals surface area contributed by atoms with Crippen LogP contribution in [0.3, 0.4) is 0 Å². The van der Waals surface area contributed by atoms with Crippen molar-refractivity contribution in [3.63, 3.8) is 0 Å². The van der Waals surface area contributed by atoms with Crippen molar-refractivity contribution in [3.05, 3.63) is 54.6 Å². The number of hydrogen-bond acceptors (Lipinski definition) is 3. The molecule has 21 heavy (non-hydrogen) atoms. The Morgan fingerprint density at radius 3 is 2.29 bits per heavy atom. The van der Waals surface area contributed by atoms with Crippen LogP contribution in [-0.2, 0) is 16.4 Å². The fraction of sp³-hybridized carbons (Fsp3) is 0.267. The third kappa shape index (κ3) is 3.80. The minimum atomic E-state index is -3.80. The highest BCUT2D eigenvalue weighted by molar-refractivity contribution is 7.89. The van der Waals surface area contributed by atoms with E-state index in [1.54, 1.807) is 0 Å². The number of aryl methyl sites for hydroxylation is 1. The molecule has 0 aromatic heterocycles. The number of hydrogen-bond donors (Lipinski definition) is 1. The van der Waals surface area contributed by atoms with Crippen LogP contribution < -0.4 is 0 Å². The van der Waals surface area contributed by atoms with E-state index in [0.717, 1.165) is 0 Å². The summed E-state index contributed by atoms with van der Waals surface area (Å²) in [6.07, 6.45) is 3.45. The monoisotopic (exact) mass is 309 g/mol. The summed E-state index contributed by atoms with van der Waals surface area (Å²) in [5.41, 5.74) is 0.529. The first kappa shape index (κ1) is 17.1. The normalized spacial score (nSPS) is 11.3. The van der Waals surface area contributed by atoms with Crippen LogP contribution in [0.2, 0.25) is 0 Å². The van der Waals surface area contributed by atoms with Gasteiger partial charge < -0.3 is 5.11 Å². The lowest BCUT2D eigenvalue weighted by Gasteiger charge is -2.21. The Kier molecular flexibility index (Phi) is 5.87. The van der Waals surface area contributed by atoms with Gasteiger partial charge in [-0.1, -0.05) is 25.1 Å². The van der Waals surface area contributed by atoms with Crippen molar-refractivity contribution in [2.24, 2.45) is 0 Å². The second kappa shape index (κ2) is 7.19. The van der Waals surface area contributed by atoms with Gasteiger partial charge in [-0.2, -0.15) is 4.31 Å². The van der Waals surface area contributed by atoms with Crippen molar-refractivity contribution in [1.82, 2.24) is 4.31 Å². The van der Waals surface area contributed by atoms with Crippen LogP contribution in [0.1, 0.15) is 22.8 Å². The Balaban J connectivity index is 3.46. The average Bonchev–Trinajstić information content (AvgIpc) is 2.46. The molecule has 1 aromatic carbocycles. The van der Waals surface area contributed by atoms with Crippen LogP contribution in [0.5, 0.6) is 0 Å². The smallest absolute Gasteiger partial charge is 0.335 e. The molecule has 1 rings (SSSR count). The first-order valence-corrected chi connectivity index (χ1v) is 7.90. The van der Waals surface area contributed by atoms with Crippen molar-refractivity contribution in [2.75, 3.05) is 13.1 Å². The summed E-state index contributed by atoms with van der Waals surface area (Å²) in [5.74, 6) is -1.16. The van der Waals surface area contributed by atoms with Gasteiger partial charge in [-0.3, -0.25) is 0 Å². The highest BCUT2D eigenvalue weighted by Gasteiger charge is 2.26. The summed E-state index contributed by atoms with van der Waals surface area (Å²) in [6.45, 7) is 9.17. The van der Waals surface area contributed by atoms with Gasteiger partial charge >= 0.3 is 5.97 Å². The van der Waals surface area contributed by atoms with Gasteiger partial charge in [0.15, 0.2) is 0 Å². The molecular formula is C15H19NO4S. The lowest BCUT2D eigenvalue weighted by atomic mass is 10.1. The zero-order valence-corrected chi connectivity index (χ0v) is 12.8. The van der Waals surface area contributed by atoms with Crippen molar-refractivity contribution >= 4 is 16.0 Å². The molecular weight excluding hydrogens is 290 g/mol. The molecule has 0 aliphatic heterocycles. The van der Waals surface area contributed by atoms with Gasteiger partial charge in [-0.15, -0.1) is 13.2 Å². The minimum absolute atomic E-state index is 0.0219. The fourth-order valence-corrected chi connectivity index (χ4v) is 3.62. The molecule has 114 valence electrons. The molecule has 5 nitrogen and oxygen atoms in total. The Bertz CT molecular complexity index is 640.